The van der Waals surface area contributed by atoms with E-state index in [1.165, 1.54) is 0 Å². The minimum absolute atomic E-state index is 0.0987. The fourth-order valence-electron chi connectivity index (χ4n) is 5.05. The first kappa shape index (κ1) is 35.2. The Morgan fingerprint density at radius 1 is 0.857 bits per heavy atom. The van der Waals surface area contributed by atoms with E-state index in [1.807, 2.05) is 12.1 Å². The van der Waals surface area contributed by atoms with Gasteiger partial charge in [-0.05, 0) is 89.9 Å². The lowest BCUT2D eigenvalue weighted by Gasteiger charge is -2.34. The number of Topliss-reactive ketones (excluding diaryl/α,β-unsaturated/α-hetero) is 1. The predicted molar refractivity (Wildman–Crippen MR) is 181 cm³/mol. The summed E-state index contributed by atoms with van der Waals surface area (Å²) in [6.07, 6.45) is -1.06. The summed E-state index contributed by atoms with van der Waals surface area (Å²) in [5.74, 6) is -2.19. The minimum atomic E-state index is -2.20. The molecule has 256 valence electrons. The third-order valence-electron chi connectivity index (χ3n) is 7.45. The maximum absolute atomic E-state index is 14.1. The molecular weight excluding hydrogens is 652 g/mol. The maximum Gasteiger partial charge on any atom is 0.324 e. The Bertz CT molecular complexity index is 2050. The fourth-order valence-corrected chi connectivity index (χ4v) is 5.18. The second-order valence-corrected chi connectivity index (χ2v) is 14.1. The molecule has 5 aromatic rings. The number of aryl methyl sites for hydroxylation is 1. The number of halogens is 1. The largest absolute Gasteiger partial charge is 0.489 e. The van der Waals surface area contributed by atoms with Gasteiger partial charge in [0.25, 0.3) is 5.56 Å². The van der Waals surface area contributed by atoms with E-state index in [0.29, 0.717) is 27.1 Å². The summed E-state index contributed by atoms with van der Waals surface area (Å²) in [6.45, 7) is 9.87. The van der Waals surface area contributed by atoms with Crippen molar-refractivity contribution in [2.45, 2.75) is 78.7 Å². The summed E-state index contributed by atoms with van der Waals surface area (Å²) in [5, 5.41) is 13.4. The van der Waals surface area contributed by atoms with Gasteiger partial charge in [-0.2, -0.15) is 0 Å². The van der Waals surface area contributed by atoms with E-state index < -0.39 is 46.3 Å². The molecule has 3 aromatic carbocycles. The number of hydrogen-bond acceptors (Lipinski definition) is 11. The number of hydrogen-bond donors (Lipinski definition) is 0. The van der Waals surface area contributed by atoms with E-state index in [2.05, 4.69) is 15.5 Å². The summed E-state index contributed by atoms with van der Waals surface area (Å²) in [5.41, 5.74) is -3.29. The molecule has 0 fully saturated rings. The van der Waals surface area contributed by atoms with E-state index in [9.17, 15) is 19.2 Å². The summed E-state index contributed by atoms with van der Waals surface area (Å²) >= 11 is 5.97. The number of carbonyl (C=O) groups is 3. The van der Waals surface area contributed by atoms with Crippen LogP contribution >= 0.6 is 11.6 Å². The molecular formula is C36H37ClN4O8. The molecule has 2 aromatic heterocycles. The van der Waals surface area contributed by atoms with Crippen LogP contribution in [0.5, 0.6) is 5.75 Å². The quantitative estimate of drug-likeness (QED) is 0.0849. The van der Waals surface area contributed by atoms with Crippen molar-refractivity contribution in [3.05, 3.63) is 93.4 Å². The van der Waals surface area contributed by atoms with Crippen molar-refractivity contribution >= 4 is 51.2 Å². The van der Waals surface area contributed by atoms with E-state index in [-0.39, 0.29) is 30.8 Å². The molecule has 0 N–H and O–H groups in total. The van der Waals surface area contributed by atoms with Crippen LogP contribution in [0.15, 0.2) is 76.0 Å². The summed E-state index contributed by atoms with van der Waals surface area (Å²) < 4.78 is 23.9. The van der Waals surface area contributed by atoms with Crippen LogP contribution in [-0.4, -0.2) is 49.1 Å². The lowest BCUT2D eigenvalue weighted by molar-refractivity contribution is -0.186. The molecule has 5 rings (SSSR count). The van der Waals surface area contributed by atoms with Crippen molar-refractivity contribution in [2.75, 3.05) is 0 Å². The van der Waals surface area contributed by atoms with Gasteiger partial charge in [0.1, 0.15) is 29.1 Å². The molecule has 0 aliphatic rings. The number of rotatable bonds is 11. The van der Waals surface area contributed by atoms with Crippen molar-refractivity contribution in [2.24, 2.45) is 5.41 Å². The summed E-state index contributed by atoms with van der Waals surface area (Å²) in [7, 11) is 0. The average molecular weight is 689 g/mol. The standard InChI is InChI=1S/C36H37ClN4O8/c1-34(2,3)47-32(44)36(33(45)48-35(4,5)6,17-18-41-31(43)25-9-7-8-10-27(25)38-40-41)20-28(42)30-26-16-15-24(19-29(26)49-39-30)46-21-22-11-13-23(37)14-12-22/h7-16,19H,17-18,20-21H2,1-6H3. The van der Waals surface area contributed by atoms with E-state index >= 15 is 0 Å². The topological polar surface area (TPSA) is 153 Å². The van der Waals surface area contributed by atoms with Gasteiger partial charge in [-0.25, -0.2) is 4.68 Å². The highest BCUT2D eigenvalue weighted by Gasteiger charge is 2.53. The van der Waals surface area contributed by atoms with Gasteiger partial charge in [0.15, 0.2) is 22.5 Å². The second-order valence-electron chi connectivity index (χ2n) is 13.7. The normalized spacial score (nSPS) is 12.2. The second kappa shape index (κ2) is 13.8. The first-order valence-electron chi connectivity index (χ1n) is 15.6. The molecule has 0 atom stereocenters. The van der Waals surface area contributed by atoms with Gasteiger partial charge in [0, 0.05) is 24.1 Å². The van der Waals surface area contributed by atoms with Gasteiger partial charge in [-0.3, -0.25) is 19.2 Å². The van der Waals surface area contributed by atoms with Crippen LogP contribution in [0.4, 0.5) is 0 Å². The highest BCUT2D eigenvalue weighted by atomic mass is 35.5. The number of ketones is 1. The van der Waals surface area contributed by atoms with E-state index in [4.69, 9.17) is 30.3 Å². The van der Waals surface area contributed by atoms with Gasteiger partial charge in [-0.1, -0.05) is 46.2 Å². The molecule has 0 aliphatic carbocycles. The van der Waals surface area contributed by atoms with Crippen LogP contribution in [0.1, 0.15) is 70.4 Å². The average Bonchev–Trinajstić information content (AvgIpc) is 3.45. The van der Waals surface area contributed by atoms with Crippen molar-refractivity contribution in [3.8, 4) is 5.75 Å². The zero-order valence-corrected chi connectivity index (χ0v) is 28.9. The van der Waals surface area contributed by atoms with Crippen LogP contribution in [0.2, 0.25) is 5.02 Å². The number of carbonyl (C=O) groups excluding carboxylic acids is 3. The van der Waals surface area contributed by atoms with Gasteiger partial charge in [0.2, 0.25) is 0 Å². The minimum Gasteiger partial charge on any atom is -0.489 e. The third kappa shape index (κ3) is 8.32. The smallest absolute Gasteiger partial charge is 0.324 e. The van der Waals surface area contributed by atoms with Crippen LogP contribution in [0.25, 0.3) is 21.9 Å². The molecule has 0 amide bonds. The lowest BCUT2D eigenvalue weighted by atomic mass is 9.78. The molecule has 0 spiro atoms. The Labute approximate surface area is 287 Å². The van der Waals surface area contributed by atoms with E-state index in [0.717, 1.165) is 10.2 Å². The Kier molecular flexibility index (Phi) is 9.91. The van der Waals surface area contributed by atoms with Crippen LogP contribution in [0.3, 0.4) is 0 Å². The van der Waals surface area contributed by atoms with Gasteiger partial charge in [0.05, 0.1) is 10.8 Å². The monoisotopic (exact) mass is 688 g/mol. The number of ether oxygens (including phenoxy) is 3. The summed E-state index contributed by atoms with van der Waals surface area (Å²) in [6, 6.07) is 18.7. The van der Waals surface area contributed by atoms with Crippen molar-refractivity contribution < 1.29 is 33.1 Å². The molecule has 0 saturated heterocycles. The first-order chi connectivity index (χ1) is 23.0. The fraction of sp³-hybridized carbons (Fsp3) is 0.361. The first-order valence-corrected chi connectivity index (χ1v) is 16.0. The highest BCUT2D eigenvalue weighted by Crippen LogP contribution is 2.37. The van der Waals surface area contributed by atoms with Crippen LogP contribution in [0, 0.1) is 5.41 Å². The molecule has 13 heteroatoms. The Morgan fingerprint density at radius 3 is 2.16 bits per heavy atom. The summed E-state index contributed by atoms with van der Waals surface area (Å²) in [4.78, 5) is 55.5. The van der Waals surface area contributed by atoms with Crippen LogP contribution < -0.4 is 10.3 Å². The number of aromatic nitrogens is 4. The van der Waals surface area contributed by atoms with Gasteiger partial charge >= 0.3 is 11.9 Å². The maximum atomic E-state index is 14.1. The third-order valence-corrected chi connectivity index (χ3v) is 7.70. The van der Waals surface area contributed by atoms with Gasteiger partial charge < -0.3 is 18.7 Å². The van der Waals surface area contributed by atoms with Crippen molar-refractivity contribution in [1.82, 2.24) is 20.2 Å². The number of benzene rings is 3. The molecule has 0 bridgehead atoms. The Balaban J connectivity index is 1.49. The SMILES string of the molecule is CC(C)(C)OC(=O)C(CCn1nnc2ccccc2c1=O)(CC(=O)c1noc2cc(OCc3ccc(Cl)cc3)ccc12)C(=O)OC(C)(C)C. The van der Waals surface area contributed by atoms with E-state index in [1.54, 1.807) is 96.1 Å². The molecule has 0 saturated carbocycles. The number of nitrogens with zero attached hydrogens (tertiary/aromatic N) is 4. The van der Waals surface area contributed by atoms with Crippen LogP contribution in [-0.2, 0) is 32.2 Å². The molecule has 0 radical (unpaired) electrons. The molecule has 2 heterocycles. The molecule has 0 unspecified atom stereocenters. The highest BCUT2D eigenvalue weighted by molar-refractivity contribution is 6.30. The zero-order chi connectivity index (χ0) is 35.6. The lowest BCUT2D eigenvalue weighted by Crippen LogP contribution is -2.49. The Morgan fingerprint density at radius 2 is 1.51 bits per heavy atom. The zero-order valence-electron chi connectivity index (χ0n) is 28.1. The van der Waals surface area contributed by atoms with Crippen molar-refractivity contribution in [1.29, 1.82) is 0 Å². The van der Waals surface area contributed by atoms with Gasteiger partial charge in [-0.15, -0.1) is 5.10 Å². The number of fused-ring (bicyclic) bond motifs is 2. The van der Waals surface area contributed by atoms with Crippen molar-refractivity contribution in [3.63, 3.8) is 0 Å². The molecule has 12 nitrogen and oxygen atoms in total. The molecule has 49 heavy (non-hydrogen) atoms. The number of esters is 2. The predicted octanol–water partition coefficient (Wildman–Crippen LogP) is 6.50. The molecule has 0 aliphatic heterocycles. The Hall–Kier alpha value is -5.10.